The fourth-order valence-electron chi connectivity index (χ4n) is 5.58. The predicted octanol–water partition coefficient (Wildman–Crippen LogP) is 5.56. The average Bonchev–Trinajstić information content (AvgIpc) is 2.96. The number of amides is 2. The van der Waals surface area contributed by atoms with Gasteiger partial charge >= 0.3 is 0 Å². The largest absolute Gasteiger partial charge is 0.490 e. The second kappa shape index (κ2) is 13.5. The fraction of sp³-hybridized carbons (Fsp3) is 0.375. The summed E-state index contributed by atoms with van der Waals surface area (Å²) in [5.74, 6) is -0.264. The SMILES string of the molecule is CO[C@H]1c2cc(NC(=O)c3ccc(N)cc3)ccc2O[C@@H](C(CC(=O)N(CCO)Cc2ccccc2)[Si](C)(C)F)[C@@H]1C. The molecule has 0 bridgehead atoms. The number of methoxy groups -OCH3 is 1. The Bertz CT molecular complexity index is 1370. The number of anilines is 2. The number of aliphatic hydroxyl groups excluding tert-OH is 1. The summed E-state index contributed by atoms with van der Waals surface area (Å²) in [5, 5.41) is 12.5. The van der Waals surface area contributed by atoms with Gasteiger partial charge < -0.3 is 34.6 Å². The summed E-state index contributed by atoms with van der Waals surface area (Å²) in [6.45, 7) is 5.44. The number of rotatable bonds is 11. The number of carbonyl (C=O) groups is 2. The van der Waals surface area contributed by atoms with Crippen molar-refractivity contribution in [3.05, 3.63) is 89.5 Å². The topological polar surface area (TPSA) is 114 Å². The van der Waals surface area contributed by atoms with Crippen LogP contribution in [-0.2, 0) is 16.1 Å². The number of aliphatic hydroxyl groups is 1. The number of nitrogens with one attached hydrogen (secondary N) is 1. The maximum absolute atomic E-state index is 16.0. The molecule has 4 rings (SSSR count). The minimum Gasteiger partial charge on any atom is -0.490 e. The van der Waals surface area contributed by atoms with Gasteiger partial charge in [-0.05, 0) is 61.1 Å². The molecule has 4 atom stereocenters. The highest BCUT2D eigenvalue weighted by Gasteiger charge is 2.48. The Morgan fingerprint density at radius 1 is 1.12 bits per heavy atom. The molecule has 4 N–H and O–H groups in total. The van der Waals surface area contributed by atoms with Crippen molar-refractivity contribution >= 4 is 31.6 Å². The molecule has 1 unspecified atom stereocenters. The monoisotopic (exact) mass is 593 g/mol. The molecular formula is C32H40FN3O5Si. The molecule has 8 nitrogen and oxygen atoms in total. The van der Waals surface area contributed by atoms with Crippen LogP contribution >= 0.6 is 0 Å². The van der Waals surface area contributed by atoms with Gasteiger partial charge in [0.15, 0.2) is 0 Å². The number of nitrogens with two attached hydrogens (primary N) is 1. The molecule has 42 heavy (non-hydrogen) atoms. The van der Waals surface area contributed by atoms with Crippen molar-refractivity contribution in [1.29, 1.82) is 0 Å². The zero-order valence-corrected chi connectivity index (χ0v) is 25.5. The van der Waals surface area contributed by atoms with Crippen LogP contribution in [0, 0.1) is 5.92 Å². The molecule has 0 aromatic heterocycles. The summed E-state index contributed by atoms with van der Waals surface area (Å²) in [5.41, 5.74) is 8.36. The molecule has 3 aromatic rings. The Hall–Kier alpha value is -3.73. The molecule has 2 amide bonds. The average molecular weight is 594 g/mol. The van der Waals surface area contributed by atoms with Gasteiger partial charge in [0.05, 0.1) is 12.7 Å². The molecule has 0 spiro atoms. The van der Waals surface area contributed by atoms with E-state index in [1.54, 1.807) is 61.5 Å². The first kappa shape index (κ1) is 31.2. The van der Waals surface area contributed by atoms with Crippen molar-refractivity contribution < 1.29 is 28.3 Å². The molecule has 0 aliphatic carbocycles. The lowest BCUT2D eigenvalue weighted by molar-refractivity contribution is -0.133. The van der Waals surface area contributed by atoms with Crippen LogP contribution in [0.1, 0.15) is 40.9 Å². The standard InChI is InChI=1S/C32H40FN3O5Si/c1-21-30(40-2)26-18-25(35-32(39)23-10-12-24(34)13-11-23)14-15-27(26)41-31(21)28(42(3,4)33)19-29(38)36(16-17-37)20-22-8-6-5-7-9-22/h5-15,18,21,28,30-31,37H,16-17,19-20,34H2,1-4H3,(H,35,39)/t21-,28?,30-,31-/m1/s1. The molecule has 3 aromatic carbocycles. The zero-order chi connectivity index (χ0) is 30.4. The lowest BCUT2D eigenvalue weighted by Gasteiger charge is -2.43. The highest BCUT2D eigenvalue weighted by molar-refractivity contribution is 6.72. The first-order valence-corrected chi connectivity index (χ1v) is 17.1. The summed E-state index contributed by atoms with van der Waals surface area (Å²) in [7, 11) is -1.84. The highest BCUT2D eigenvalue weighted by Crippen LogP contribution is 2.48. The lowest BCUT2D eigenvalue weighted by Crippen LogP contribution is -2.48. The molecule has 0 saturated heterocycles. The van der Waals surface area contributed by atoms with Gasteiger partial charge in [-0.3, -0.25) is 9.59 Å². The molecule has 0 fully saturated rings. The Morgan fingerprint density at radius 3 is 2.43 bits per heavy atom. The van der Waals surface area contributed by atoms with E-state index in [4.69, 9.17) is 15.2 Å². The number of carbonyl (C=O) groups excluding carboxylic acids is 2. The van der Waals surface area contributed by atoms with Crippen LogP contribution < -0.4 is 15.8 Å². The third kappa shape index (κ3) is 7.36. The zero-order valence-electron chi connectivity index (χ0n) is 24.5. The molecule has 0 radical (unpaired) electrons. The summed E-state index contributed by atoms with van der Waals surface area (Å²) >= 11 is 0. The van der Waals surface area contributed by atoms with E-state index in [2.05, 4.69) is 5.32 Å². The van der Waals surface area contributed by atoms with Gasteiger partial charge in [-0.1, -0.05) is 37.3 Å². The van der Waals surface area contributed by atoms with E-state index >= 15 is 4.11 Å². The molecule has 224 valence electrons. The van der Waals surface area contributed by atoms with E-state index in [9.17, 15) is 14.7 Å². The molecule has 1 heterocycles. The second-order valence-electron chi connectivity index (χ2n) is 11.3. The number of nitrogen functional groups attached to an aromatic ring is 1. The fourth-order valence-corrected chi connectivity index (χ4v) is 7.39. The third-order valence-electron chi connectivity index (χ3n) is 7.87. The van der Waals surface area contributed by atoms with Gasteiger partial charge in [0.1, 0.15) is 11.9 Å². The van der Waals surface area contributed by atoms with Crippen LogP contribution in [0.15, 0.2) is 72.8 Å². The molecule has 1 aliphatic heterocycles. The van der Waals surface area contributed by atoms with Crippen molar-refractivity contribution in [1.82, 2.24) is 4.90 Å². The quantitative estimate of drug-likeness (QED) is 0.152. The van der Waals surface area contributed by atoms with Crippen molar-refractivity contribution in [2.75, 3.05) is 31.3 Å². The van der Waals surface area contributed by atoms with Crippen LogP contribution in [0.5, 0.6) is 5.75 Å². The normalized spacial score (nSPS) is 18.9. The smallest absolute Gasteiger partial charge is 0.255 e. The van der Waals surface area contributed by atoms with E-state index < -0.39 is 26.2 Å². The van der Waals surface area contributed by atoms with Crippen molar-refractivity contribution in [2.24, 2.45) is 5.92 Å². The van der Waals surface area contributed by atoms with Crippen LogP contribution in [0.2, 0.25) is 18.6 Å². The molecule has 1 aliphatic rings. The molecule has 0 saturated carbocycles. The van der Waals surface area contributed by atoms with Crippen LogP contribution in [0.3, 0.4) is 0 Å². The first-order valence-electron chi connectivity index (χ1n) is 14.1. The number of ether oxygens (including phenoxy) is 2. The van der Waals surface area contributed by atoms with Gasteiger partial charge in [0.25, 0.3) is 5.91 Å². The summed E-state index contributed by atoms with van der Waals surface area (Å²) in [6, 6.07) is 21.5. The Labute approximate surface area is 247 Å². The van der Waals surface area contributed by atoms with E-state index in [1.165, 1.54) is 0 Å². The Kier molecular flexibility index (Phi) is 10.0. The van der Waals surface area contributed by atoms with E-state index in [1.807, 2.05) is 43.3 Å². The minimum absolute atomic E-state index is 0.0426. The van der Waals surface area contributed by atoms with Gasteiger partial charge in [-0.15, -0.1) is 0 Å². The number of hydrogen-bond acceptors (Lipinski definition) is 6. The summed E-state index contributed by atoms with van der Waals surface area (Å²) in [4.78, 5) is 27.9. The van der Waals surface area contributed by atoms with Gasteiger partial charge in [0, 0.05) is 60.6 Å². The Balaban J connectivity index is 1.56. The molecular weight excluding hydrogens is 553 g/mol. The second-order valence-corrected chi connectivity index (χ2v) is 15.2. The third-order valence-corrected chi connectivity index (χ3v) is 10.2. The van der Waals surface area contributed by atoms with E-state index in [0.717, 1.165) is 11.1 Å². The first-order chi connectivity index (χ1) is 20.0. The van der Waals surface area contributed by atoms with E-state index in [-0.39, 0.29) is 37.3 Å². The maximum Gasteiger partial charge on any atom is 0.255 e. The highest BCUT2D eigenvalue weighted by atomic mass is 28.4. The van der Waals surface area contributed by atoms with Gasteiger partial charge in [-0.2, -0.15) is 0 Å². The number of benzene rings is 3. The summed E-state index contributed by atoms with van der Waals surface area (Å²) < 4.78 is 28.3. The van der Waals surface area contributed by atoms with Gasteiger partial charge in [-0.25, -0.2) is 0 Å². The number of fused-ring (bicyclic) bond motifs is 1. The number of halogens is 1. The lowest BCUT2D eigenvalue weighted by atomic mass is 9.86. The predicted molar refractivity (Wildman–Crippen MR) is 164 cm³/mol. The minimum atomic E-state index is -3.43. The van der Waals surface area contributed by atoms with Crippen LogP contribution in [0.25, 0.3) is 0 Å². The van der Waals surface area contributed by atoms with Crippen molar-refractivity contribution in [3.8, 4) is 5.75 Å². The van der Waals surface area contributed by atoms with Gasteiger partial charge in [0.2, 0.25) is 14.3 Å². The van der Waals surface area contributed by atoms with Crippen molar-refractivity contribution in [2.45, 2.75) is 50.7 Å². The number of hydrogen-bond donors (Lipinski definition) is 3. The van der Waals surface area contributed by atoms with Crippen LogP contribution in [-0.4, -0.2) is 56.6 Å². The Morgan fingerprint density at radius 2 is 1.81 bits per heavy atom. The van der Waals surface area contributed by atoms with Crippen LogP contribution in [0.4, 0.5) is 15.5 Å². The molecule has 10 heteroatoms. The number of nitrogens with zero attached hydrogens (tertiary/aromatic N) is 1. The maximum atomic E-state index is 16.0. The van der Waals surface area contributed by atoms with Crippen molar-refractivity contribution in [3.63, 3.8) is 0 Å². The summed E-state index contributed by atoms with van der Waals surface area (Å²) in [6.07, 6.45) is -1.10. The van der Waals surface area contributed by atoms with E-state index in [0.29, 0.717) is 29.2 Å².